The molecule has 0 atom stereocenters. The van der Waals surface area contributed by atoms with Gasteiger partial charge in [0, 0.05) is 12.6 Å². The van der Waals surface area contributed by atoms with Gasteiger partial charge in [0.1, 0.15) is 5.56 Å². The van der Waals surface area contributed by atoms with Gasteiger partial charge in [0.25, 0.3) is 0 Å². The van der Waals surface area contributed by atoms with Gasteiger partial charge in [-0.25, -0.2) is 4.79 Å². The highest BCUT2D eigenvalue weighted by Crippen LogP contribution is 2.22. The molecule has 0 bridgehead atoms. The van der Waals surface area contributed by atoms with Crippen LogP contribution in [0.2, 0.25) is 5.02 Å². The molecule has 0 aliphatic rings. The van der Waals surface area contributed by atoms with E-state index in [1.807, 2.05) is 0 Å². The SMILES string of the molecule is CC(=O)OC(=O)c1c(N)cccc1Cl. The molecule has 0 heterocycles. The lowest BCUT2D eigenvalue weighted by atomic mass is 10.2. The lowest BCUT2D eigenvalue weighted by molar-refractivity contribution is -0.135. The molecule has 0 saturated heterocycles. The molecule has 0 fully saturated rings. The number of anilines is 1. The topological polar surface area (TPSA) is 69.4 Å². The first kappa shape index (κ1) is 10.5. The van der Waals surface area contributed by atoms with Crippen LogP contribution in [0.15, 0.2) is 18.2 Å². The molecule has 4 nitrogen and oxygen atoms in total. The molecular weight excluding hydrogens is 206 g/mol. The van der Waals surface area contributed by atoms with Crippen LogP contribution in [0.5, 0.6) is 0 Å². The zero-order chi connectivity index (χ0) is 10.7. The van der Waals surface area contributed by atoms with Gasteiger partial charge in [-0.1, -0.05) is 17.7 Å². The highest BCUT2D eigenvalue weighted by molar-refractivity contribution is 6.34. The van der Waals surface area contributed by atoms with Crippen molar-refractivity contribution in [1.29, 1.82) is 0 Å². The first-order chi connectivity index (χ1) is 6.52. The van der Waals surface area contributed by atoms with Crippen molar-refractivity contribution < 1.29 is 14.3 Å². The minimum atomic E-state index is -0.833. The first-order valence-corrected chi connectivity index (χ1v) is 4.17. The molecule has 0 unspecified atom stereocenters. The second-order valence-electron chi connectivity index (χ2n) is 2.59. The Morgan fingerprint density at radius 2 is 2.07 bits per heavy atom. The molecule has 1 rings (SSSR count). The molecule has 5 heteroatoms. The Bertz CT molecular complexity index is 369. The van der Waals surface area contributed by atoms with Crippen LogP contribution in [-0.4, -0.2) is 11.9 Å². The fraction of sp³-hybridized carbons (Fsp3) is 0.111. The summed E-state index contributed by atoms with van der Waals surface area (Å²) in [5, 5.41) is 0.163. The number of esters is 2. The third-order valence-electron chi connectivity index (χ3n) is 1.49. The minimum Gasteiger partial charge on any atom is -0.398 e. The maximum atomic E-state index is 11.3. The van der Waals surface area contributed by atoms with Gasteiger partial charge in [-0.15, -0.1) is 0 Å². The zero-order valence-corrected chi connectivity index (χ0v) is 8.17. The predicted octanol–water partition coefficient (Wildman–Crippen LogP) is 1.63. The summed E-state index contributed by atoms with van der Waals surface area (Å²) < 4.78 is 4.36. The van der Waals surface area contributed by atoms with Gasteiger partial charge in [-0.05, 0) is 12.1 Å². The molecule has 0 radical (unpaired) electrons. The van der Waals surface area contributed by atoms with Gasteiger partial charge in [0.05, 0.1) is 5.02 Å². The Morgan fingerprint density at radius 3 is 2.57 bits per heavy atom. The van der Waals surface area contributed by atoms with Crippen LogP contribution >= 0.6 is 11.6 Å². The van der Waals surface area contributed by atoms with E-state index < -0.39 is 11.9 Å². The molecular formula is C9H8ClNO3. The molecule has 1 aromatic carbocycles. The Balaban J connectivity index is 3.06. The van der Waals surface area contributed by atoms with Crippen molar-refractivity contribution in [2.45, 2.75) is 6.92 Å². The lowest BCUT2D eigenvalue weighted by Gasteiger charge is -2.05. The number of halogens is 1. The monoisotopic (exact) mass is 213 g/mol. The van der Waals surface area contributed by atoms with E-state index in [1.165, 1.54) is 12.1 Å². The quantitative estimate of drug-likeness (QED) is 0.437. The fourth-order valence-electron chi connectivity index (χ4n) is 0.938. The molecule has 14 heavy (non-hydrogen) atoms. The van der Waals surface area contributed by atoms with Crippen LogP contribution in [-0.2, 0) is 9.53 Å². The van der Waals surface area contributed by atoms with Crippen LogP contribution < -0.4 is 5.73 Å². The first-order valence-electron chi connectivity index (χ1n) is 3.79. The Kier molecular flexibility index (Phi) is 3.09. The van der Waals surface area contributed by atoms with Crippen molar-refractivity contribution in [3.8, 4) is 0 Å². The minimum absolute atomic E-state index is 0.0179. The summed E-state index contributed by atoms with van der Waals surface area (Å²) in [6.45, 7) is 1.13. The summed E-state index contributed by atoms with van der Waals surface area (Å²) >= 11 is 5.72. The molecule has 74 valence electrons. The normalized spacial score (nSPS) is 9.57. The van der Waals surface area contributed by atoms with Crippen molar-refractivity contribution in [1.82, 2.24) is 0 Å². The maximum Gasteiger partial charge on any atom is 0.349 e. The number of hydrogen-bond donors (Lipinski definition) is 1. The van der Waals surface area contributed by atoms with Gasteiger partial charge in [-0.2, -0.15) is 0 Å². The van der Waals surface area contributed by atoms with E-state index in [4.69, 9.17) is 17.3 Å². The van der Waals surface area contributed by atoms with Crippen molar-refractivity contribution in [2.75, 3.05) is 5.73 Å². The number of ether oxygens (including phenoxy) is 1. The van der Waals surface area contributed by atoms with Crippen LogP contribution in [0.3, 0.4) is 0 Å². The number of carbonyl (C=O) groups is 2. The average Bonchev–Trinajstić information content (AvgIpc) is 2.01. The van der Waals surface area contributed by atoms with Crippen molar-refractivity contribution >= 4 is 29.2 Å². The smallest absolute Gasteiger partial charge is 0.349 e. The summed E-state index contributed by atoms with van der Waals surface area (Å²) in [6.07, 6.45) is 0. The summed E-state index contributed by atoms with van der Waals surface area (Å²) in [5.41, 5.74) is 5.70. The molecule has 0 aromatic heterocycles. The number of rotatable bonds is 1. The van der Waals surface area contributed by atoms with Gasteiger partial charge in [-0.3, -0.25) is 4.79 Å². The molecule has 0 aliphatic carbocycles. The molecule has 2 N–H and O–H groups in total. The molecule has 0 aliphatic heterocycles. The highest BCUT2D eigenvalue weighted by Gasteiger charge is 2.16. The predicted molar refractivity (Wildman–Crippen MR) is 52.0 cm³/mol. The highest BCUT2D eigenvalue weighted by atomic mass is 35.5. The summed E-state index contributed by atoms with van der Waals surface area (Å²) in [5.74, 6) is -1.53. The Morgan fingerprint density at radius 1 is 1.43 bits per heavy atom. The van der Waals surface area contributed by atoms with Crippen molar-refractivity contribution in [2.24, 2.45) is 0 Å². The van der Waals surface area contributed by atoms with E-state index >= 15 is 0 Å². The van der Waals surface area contributed by atoms with Gasteiger partial charge < -0.3 is 10.5 Å². The zero-order valence-electron chi connectivity index (χ0n) is 7.41. The standard InChI is InChI=1S/C9H8ClNO3/c1-5(12)14-9(13)8-6(10)3-2-4-7(8)11/h2-4H,11H2,1H3. The van der Waals surface area contributed by atoms with Crippen LogP contribution in [0.4, 0.5) is 5.69 Å². The van der Waals surface area contributed by atoms with E-state index in [0.717, 1.165) is 6.92 Å². The molecule has 1 aromatic rings. The van der Waals surface area contributed by atoms with E-state index in [9.17, 15) is 9.59 Å². The van der Waals surface area contributed by atoms with Crippen molar-refractivity contribution in [3.05, 3.63) is 28.8 Å². The summed E-state index contributed by atoms with van der Waals surface area (Å²) in [4.78, 5) is 21.8. The molecule has 0 spiro atoms. The fourth-order valence-corrected chi connectivity index (χ4v) is 1.20. The third kappa shape index (κ3) is 2.23. The summed E-state index contributed by atoms with van der Waals surface area (Å²) in [7, 11) is 0. The van der Waals surface area contributed by atoms with Gasteiger partial charge in [0.15, 0.2) is 0 Å². The van der Waals surface area contributed by atoms with E-state index in [-0.39, 0.29) is 16.3 Å². The Labute approximate surface area is 85.6 Å². The Hall–Kier alpha value is -1.55. The number of hydrogen-bond acceptors (Lipinski definition) is 4. The molecule has 0 amide bonds. The van der Waals surface area contributed by atoms with E-state index in [2.05, 4.69) is 4.74 Å². The maximum absolute atomic E-state index is 11.3. The van der Waals surface area contributed by atoms with Gasteiger partial charge >= 0.3 is 11.9 Å². The second kappa shape index (κ2) is 4.11. The number of nitrogens with two attached hydrogens (primary N) is 1. The van der Waals surface area contributed by atoms with Crippen LogP contribution in [0.25, 0.3) is 0 Å². The van der Waals surface area contributed by atoms with E-state index in [1.54, 1.807) is 6.07 Å². The number of benzene rings is 1. The van der Waals surface area contributed by atoms with E-state index in [0.29, 0.717) is 0 Å². The van der Waals surface area contributed by atoms with Crippen LogP contribution in [0.1, 0.15) is 17.3 Å². The van der Waals surface area contributed by atoms with Crippen molar-refractivity contribution in [3.63, 3.8) is 0 Å². The van der Waals surface area contributed by atoms with Crippen LogP contribution in [0, 0.1) is 0 Å². The second-order valence-corrected chi connectivity index (χ2v) is 2.99. The van der Waals surface area contributed by atoms with Gasteiger partial charge in [0.2, 0.25) is 0 Å². The lowest BCUT2D eigenvalue weighted by Crippen LogP contribution is -2.12. The number of carbonyl (C=O) groups excluding carboxylic acids is 2. The third-order valence-corrected chi connectivity index (χ3v) is 1.80. The molecule has 0 saturated carbocycles. The summed E-state index contributed by atoms with van der Waals surface area (Å²) in [6, 6.07) is 4.60. The largest absolute Gasteiger partial charge is 0.398 e. The number of nitrogen functional groups attached to an aromatic ring is 1. The average molecular weight is 214 g/mol.